The molecule has 172 valence electrons. The van der Waals surface area contributed by atoms with E-state index in [0.29, 0.717) is 19.9 Å². The topological polar surface area (TPSA) is 0 Å². The number of halogens is 8. The molecule has 0 bridgehead atoms. The molecule has 2 unspecified atom stereocenters. The van der Waals surface area contributed by atoms with Crippen molar-refractivity contribution in [2.24, 2.45) is 0 Å². The first-order chi connectivity index (χ1) is 15.5. The number of hydrogen-bond donors (Lipinski definition) is 0. The Morgan fingerprint density at radius 2 is 0.879 bits per heavy atom. The quantitative estimate of drug-likeness (QED) is 0.308. The predicted molar refractivity (Wildman–Crippen MR) is 148 cm³/mol. The Bertz CT molecular complexity index is 1090. The van der Waals surface area contributed by atoms with Gasteiger partial charge in [0.05, 0.1) is 21.9 Å². The molecule has 0 N–H and O–H groups in total. The second kappa shape index (κ2) is 10.2. The van der Waals surface area contributed by atoms with E-state index >= 15 is 0 Å². The molecule has 0 saturated carbocycles. The Balaban J connectivity index is 1.80. The van der Waals surface area contributed by atoms with E-state index in [1.807, 2.05) is 60.7 Å². The fourth-order valence-electron chi connectivity index (χ4n) is 3.72. The molecule has 0 nitrogen and oxygen atoms in total. The van der Waals surface area contributed by atoms with Crippen molar-refractivity contribution < 1.29 is 0 Å². The molecule has 0 saturated heterocycles. The monoisotopic (exact) mass is 614 g/mol. The second-order valence-corrected chi connectivity index (χ2v) is 12.9. The summed E-state index contributed by atoms with van der Waals surface area (Å²) in [5.41, 5.74) is 1.66. The maximum absolute atomic E-state index is 6.86. The lowest BCUT2D eigenvalue weighted by molar-refractivity contribution is 0.773. The van der Waals surface area contributed by atoms with Crippen LogP contribution in [0.2, 0.25) is 0 Å². The SMILES string of the molecule is ClC1=CC(SC2=C(Cl)C(c3ccccc3)C(Cl)(Cl)C(Cl)=C2)=C(Cl)C(c2ccccc2)C1(Cl)Cl. The van der Waals surface area contributed by atoms with E-state index in [2.05, 4.69) is 0 Å². The lowest BCUT2D eigenvalue weighted by Crippen LogP contribution is -2.29. The van der Waals surface area contributed by atoms with Crippen molar-refractivity contribution in [2.75, 3.05) is 0 Å². The van der Waals surface area contributed by atoms with Crippen LogP contribution in [0.15, 0.2) is 103 Å². The zero-order valence-electron chi connectivity index (χ0n) is 16.5. The minimum Gasteiger partial charge on any atom is -0.0942 e. The maximum Gasteiger partial charge on any atom is 0.165 e. The van der Waals surface area contributed by atoms with Gasteiger partial charge in [0.15, 0.2) is 8.67 Å². The Labute approximate surface area is 237 Å². The molecule has 33 heavy (non-hydrogen) atoms. The zero-order chi connectivity index (χ0) is 24.0. The van der Waals surface area contributed by atoms with Gasteiger partial charge in [-0.2, -0.15) is 0 Å². The molecule has 0 amide bonds. The van der Waals surface area contributed by atoms with Crippen molar-refractivity contribution >= 4 is 105 Å². The van der Waals surface area contributed by atoms with Gasteiger partial charge in [0.25, 0.3) is 0 Å². The lowest BCUT2D eigenvalue weighted by Gasteiger charge is -2.36. The van der Waals surface area contributed by atoms with Gasteiger partial charge < -0.3 is 0 Å². The van der Waals surface area contributed by atoms with Crippen LogP contribution in [0.25, 0.3) is 0 Å². The first kappa shape index (κ1) is 26.1. The molecule has 2 aliphatic carbocycles. The van der Waals surface area contributed by atoms with Crippen LogP contribution in [0, 0.1) is 0 Å². The summed E-state index contributed by atoms with van der Waals surface area (Å²) < 4.78 is -2.84. The summed E-state index contributed by atoms with van der Waals surface area (Å²) >= 11 is 54.7. The molecule has 2 atom stereocenters. The number of hydrogen-bond acceptors (Lipinski definition) is 1. The van der Waals surface area contributed by atoms with Crippen LogP contribution in [0.5, 0.6) is 0 Å². The van der Waals surface area contributed by atoms with Gasteiger partial charge in [-0.25, -0.2) is 0 Å². The molecule has 0 aliphatic heterocycles. The Kier molecular flexibility index (Phi) is 8.09. The van der Waals surface area contributed by atoms with Crippen LogP contribution >= 0.6 is 105 Å². The largest absolute Gasteiger partial charge is 0.165 e. The fraction of sp³-hybridized carbons (Fsp3) is 0.167. The molecule has 0 fully saturated rings. The van der Waals surface area contributed by atoms with Crippen LogP contribution in [-0.2, 0) is 0 Å². The number of thioether (sulfide) groups is 1. The molecule has 2 aromatic carbocycles. The van der Waals surface area contributed by atoms with Crippen molar-refractivity contribution in [3.63, 3.8) is 0 Å². The first-order valence-corrected chi connectivity index (χ1v) is 13.5. The predicted octanol–water partition coefficient (Wildman–Crippen LogP) is 10.8. The number of allylic oxidation sites excluding steroid dienone is 6. The number of rotatable bonds is 4. The summed E-state index contributed by atoms with van der Waals surface area (Å²) in [7, 11) is 0. The van der Waals surface area contributed by atoms with Crippen LogP contribution in [0.1, 0.15) is 23.0 Å². The van der Waals surface area contributed by atoms with E-state index in [0.717, 1.165) is 11.1 Å². The van der Waals surface area contributed by atoms with Gasteiger partial charge in [-0.15, -0.1) is 0 Å². The van der Waals surface area contributed by atoms with Gasteiger partial charge in [0, 0.05) is 19.9 Å². The molecule has 0 radical (unpaired) electrons. The highest BCUT2D eigenvalue weighted by Crippen LogP contribution is 2.59. The molecule has 4 rings (SSSR count). The van der Waals surface area contributed by atoms with Crippen molar-refractivity contribution in [2.45, 2.75) is 20.5 Å². The molecule has 0 heterocycles. The zero-order valence-corrected chi connectivity index (χ0v) is 23.4. The highest BCUT2D eigenvalue weighted by molar-refractivity contribution is 8.07. The van der Waals surface area contributed by atoms with Crippen molar-refractivity contribution in [1.82, 2.24) is 0 Å². The van der Waals surface area contributed by atoms with Crippen LogP contribution in [-0.4, -0.2) is 8.67 Å². The molecule has 0 aromatic heterocycles. The van der Waals surface area contributed by atoms with Crippen molar-refractivity contribution in [3.8, 4) is 0 Å². The molecular weight excluding hydrogens is 604 g/mol. The van der Waals surface area contributed by atoms with E-state index in [4.69, 9.17) is 92.8 Å². The summed E-state index contributed by atoms with van der Waals surface area (Å²) in [4.78, 5) is 1.29. The van der Waals surface area contributed by atoms with E-state index < -0.39 is 20.5 Å². The van der Waals surface area contributed by atoms with E-state index in [9.17, 15) is 0 Å². The average Bonchev–Trinajstić information content (AvgIpc) is 2.77. The normalized spacial score (nSPS) is 24.5. The Morgan fingerprint density at radius 3 is 1.21 bits per heavy atom. The first-order valence-electron chi connectivity index (χ1n) is 9.63. The maximum atomic E-state index is 6.86. The van der Waals surface area contributed by atoms with E-state index in [1.54, 1.807) is 12.2 Å². The third kappa shape index (κ3) is 5.01. The summed E-state index contributed by atoms with van der Waals surface area (Å²) in [6.07, 6.45) is 3.29. The van der Waals surface area contributed by atoms with Crippen molar-refractivity contribution in [1.29, 1.82) is 0 Å². The van der Waals surface area contributed by atoms with Gasteiger partial charge in [-0.1, -0.05) is 165 Å². The van der Waals surface area contributed by atoms with Gasteiger partial charge >= 0.3 is 0 Å². The molecular formula is C24H14Cl8S. The third-order valence-corrected chi connectivity index (χ3v) is 10.4. The molecule has 0 spiro atoms. The third-order valence-electron chi connectivity index (χ3n) is 5.34. The number of alkyl halides is 4. The molecule has 2 aliphatic rings. The lowest BCUT2D eigenvalue weighted by atomic mass is 9.91. The van der Waals surface area contributed by atoms with Gasteiger partial charge in [-0.3, -0.25) is 0 Å². The number of benzene rings is 2. The highest BCUT2D eigenvalue weighted by atomic mass is 35.5. The van der Waals surface area contributed by atoms with Gasteiger partial charge in [-0.05, 0) is 23.3 Å². The minimum atomic E-state index is -1.42. The summed E-state index contributed by atoms with van der Waals surface area (Å²) in [6.45, 7) is 0. The Morgan fingerprint density at radius 1 is 0.545 bits per heavy atom. The fourth-order valence-corrected chi connectivity index (χ4v) is 7.61. The van der Waals surface area contributed by atoms with E-state index in [1.165, 1.54) is 11.8 Å². The smallest absolute Gasteiger partial charge is 0.0942 e. The van der Waals surface area contributed by atoms with Gasteiger partial charge in [0.1, 0.15) is 0 Å². The van der Waals surface area contributed by atoms with E-state index in [-0.39, 0.29) is 10.1 Å². The Hall–Kier alpha value is 0.0700. The summed E-state index contributed by atoms with van der Waals surface area (Å²) in [6, 6.07) is 18.9. The van der Waals surface area contributed by atoms with Crippen LogP contribution in [0.3, 0.4) is 0 Å². The van der Waals surface area contributed by atoms with Crippen molar-refractivity contribution in [3.05, 3.63) is 114 Å². The van der Waals surface area contributed by atoms with Crippen LogP contribution in [0.4, 0.5) is 0 Å². The summed E-state index contributed by atoms with van der Waals surface area (Å²) in [5.74, 6) is -1.15. The molecule has 2 aromatic rings. The average molecular weight is 618 g/mol. The highest BCUT2D eigenvalue weighted by Gasteiger charge is 2.47. The van der Waals surface area contributed by atoms with Gasteiger partial charge in [0.2, 0.25) is 0 Å². The van der Waals surface area contributed by atoms with Crippen LogP contribution < -0.4 is 0 Å². The summed E-state index contributed by atoms with van der Waals surface area (Å²) in [5, 5.41) is 1.37. The minimum absolute atomic E-state index is 0.248. The second-order valence-electron chi connectivity index (χ2n) is 7.44. The molecule has 9 heteroatoms. The standard InChI is InChI=1S/C24H14Cl8S/c25-17-11-15(21(27)19(23(17,29)30)13-7-3-1-4-8-13)33-16-12-18(26)24(31,32)20(22(16)28)14-9-5-2-6-10-14/h1-12,19-20H.